The lowest BCUT2D eigenvalue weighted by molar-refractivity contribution is 0.102. The fourth-order valence-corrected chi connectivity index (χ4v) is 6.51. The number of sulfone groups is 1. The summed E-state index contributed by atoms with van der Waals surface area (Å²) in [5.41, 5.74) is 1.17. The molecule has 0 aliphatic rings. The van der Waals surface area contributed by atoms with Crippen LogP contribution in [0.5, 0.6) is 0 Å². The van der Waals surface area contributed by atoms with Crippen LogP contribution in [0.4, 0.5) is 5.13 Å². The first-order chi connectivity index (χ1) is 13.7. The first-order valence-corrected chi connectivity index (χ1v) is 11.7. The van der Waals surface area contributed by atoms with Crippen LogP contribution in [0.1, 0.15) is 53.7 Å². The van der Waals surface area contributed by atoms with Gasteiger partial charge in [-0.05, 0) is 36.6 Å². The minimum absolute atomic E-state index is 0.135. The Bertz CT molecular complexity index is 1130. The highest BCUT2D eigenvalue weighted by atomic mass is 35.5. The molecule has 2 heterocycles. The van der Waals surface area contributed by atoms with Crippen LogP contribution < -0.4 is 5.32 Å². The predicted molar refractivity (Wildman–Crippen MR) is 115 cm³/mol. The van der Waals surface area contributed by atoms with E-state index >= 15 is 0 Å². The molecule has 152 valence electrons. The molecule has 1 amide bonds. The van der Waals surface area contributed by atoms with Gasteiger partial charge < -0.3 is 0 Å². The molecule has 0 radical (unpaired) electrons. The van der Waals surface area contributed by atoms with Gasteiger partial charge in [-0.15, -0.1) is 0 Å². The molecule has 0 aliphatic carbocycles. The van der Waals surface area contributed by atoms with Gasteiger partial charge >= 0.3 is 0 Å². The summed E-state index contributed by atoms with van der Waals surface area (Å²) in [6, 6.07) is 11.8. The Labute approximate surface area is 178 Å². The first-order valence-electron chi connectivity index (χ1n) is 8.93. The van der Waals surface area contributed by atoms with E-state index in [1.165, 1.54) is 6.20 Å². The number of benzene rings is 1. The number of halogens is 1. The van der Waals surface area contributed by atoms with E-state index in [0.29, 0.717) is 16.3 Å². The average molecular weight is 450 g/mol. The molecular weight excluding hydrogens is 430 g/mol. The molecule has 0 saturated heterocycles. The summed E-state index contributed by atoms with van der Waals surface area (Å²) in [5.74, 6) is -0.590. The van der Waals surface area contributed by atoms with E-state index in [0.717, 1.165) is 11.3 Å². The van der Waals surface area contributed by atoms with Gasteiger partial charge in [0.15, 0.2) is 15.0 Å². The van der Waals surface area contributed by atoms with Gasteiger partial charge in [0, 0.05) is 11.2 Å². The van der Waals surface area contributed by atoms with Crippen LogP contribution in [0.15, 0.2) is 52.9 Å². The number of hydrogen-bond acceptors (Lipinski definition) is 6. The number of carbonyl (C=O) groups is 1. The molecule has 1 atom stereocenters. The van der Waals surface area contributed by atoms with E-state index in [4.69, 9.17) is 11.6 Å². The number of aromatic nitrogens is 2. The predicted octanol–water partition coefficient (Wildman–Crippen LogP) is 5.10. The monoisotopic (exact) mass is 449 g/mol. The highest BCUT2D eigenvalue weighted by Crippen LogP contribution is 2.40. The van der Waals surface area contributed by atoms with Crippen LogP contribution in [0.2, 0.25) is 5.02 Å². The SMILES string of the molecule is CC(C)c1nc(NC(=O)c2ccccn2)sc1S(=O)(=O)C(C)c1ccccc1Cl. The maximum Gasteiger partial charge on any atom is 0.276 e. The molecule has 3 rings (SSSR count). The summed E-state index contributed by atoms with van der Waals surface area (Å²) in [5, 5.41) is 2.41. The molecule has 0 aliphatic heterocycles. The van der Waals surface area contributed by atoms with Gasteiger partial charge in [0.1, 0.15) is 9.90 Å². The van der Waals surface area contributed by atoms with Crippen LogP contribution >= 0.6 is 22.9 Å². The smallest absolute Gasteiger partial charge is 0.276 e. The second-order valence-corrected chi connectivity index (χ2v) is 10.6. The zero-order chi connectivity index (χ0) is 21.2. The lowest BCUT2D eigenvalue weighted by Gasteiger charge is -2.15. The fourth-order valence-electron chi connectivity index (χ4n) is 2.73. The second kappa shape index (κ2) is 8.61. The quantitative estimate of drug-likeness (QED) is 0.565. The van der Waals surface area contributed by atoms with E-state index < -0.39 is 21.0 Å². The summed E-state index contributed by atoms with van der Waals surface area (Å²) >= 11 is 7.16. The zero-order valence-electron chi connectivity index (χ0n) is 16.1. The van der Waals surface area contributed by atoms with Gasteiger partial charge in [0.25, 0.3) is 5.91 Å². The lowest BCUT2D eigenvalue weighted by Crippen LogP contribution is -2.13. The minimum Gasteiger partial charge on any atom is -0.296 e. The third-order valence-electron chi connectivity index (χ3n) is 4.35. The van der Waals surface area contributed by atoms with Gasteiger partial charge in [0.2, 0.25) is 0 Å². The van der Waals surface area contributed by atoms with Gasteiger partial charge in [-0.25, -0.2) is 13.4 Å². The van der Waals surface area contributed by atoms with Crippen LogP contribution in [0.25, 0.3) is 0 Å². The summed E-state index contributed by atoms with van der Waals surface area (Å²) in [7, 11) is -3.77. The second-order valence-electron chi connectivity index (χ2n) is 6.72. The Hall–Kier alpha value is -2.29. The van der Waals surface area contributed by atoms with Gasteiger partial charge in [-0.1, -0.05) is 61.1 Å². The van der Waals surface area contributed by atoms with Crippen LogP contribution in [0, 0.1) is 0 Å². The maximum absolute atomic E-state index is 13.4. The largest absolute Gasteiger partial charge is 0.296 e. The number of carbonyl (C=O) groups excluding carboxylic acids is 1. The molecular formula is C20H20ClN3O3S2. The molecule has 1 unspecified atom stereocenters. The molecule has 0 bridgehead atoms. The van der Waals surface area contributed by atoms with E-state index in [1.807, 2.05) is 13.8 Å². The number of anilines is 1. The Morgan fingerprint density at radius 1 is 1.10 bits per heavy atom. The number of nitrogens with zero attached hydrogens (tertiary/aromatic N) is 2. The Balaban J connectivity index is 1.98. The van der Waals surface area contributed by atoms with Crippen molar-refractivity contribution in [3.05, 3.63) is 70.6 Å². The molecule has 2 aromatic heterocycles. The van der Waals surface area contributed by atoms with Crippen LogP contribution in [-0.2, 0) is 9.84 Å². The first kappa shape index (κ1) is 21.4. The third kappa shape index (κ3) is 4.49. The molecule has 0 saturated carbocycles. The van der Waals surface area contributed by atoms with E-state index in [1.54, 1.807) is 49.4 Å². The molecule has 9 heteroatoms. The van der Waals surface area contributed by atoms with Crippen LogP contribution in [0.3, 0.4) is 0 Å². The molecule has 29 heavy (non-hydrogen) atoms. The molecule has 3 aromatic rings. The molecule has 1 N–H and O–H groups in total. The standard InChI is InChI=1S/C20H20ClN3O3S2/c1-12(2)17-19(29(26,27)13(3)14-8-4-5-9-15(14)21)28-20(23-17)24-18(25)16-10-6-7-11-22-16/h4-13H,1-3H3,(H,23,24,25). The topological polar surface area (TPSA) is 89.0 Å². The number of amides is 1. The summed E-state index contributed by atoms with van der Waals surface area (Å²) in [4.78, 5) is 20.8. The zero-order valence-corrected chi connectivity index (χ0v) is 18.5. The van der Waals surface area contributed by atoms with E-state index in [-0.39, 0.29) is 21.0 Å². The van der Waals surface area contributed by atoms with Crippen LogP contribution in [-0.4, -0.2) is 24.3 Å². The summed E-state index contributed by atoms with van der Waals surface area (Å²) in [6.45, 7) is 5.32. The molecule has 1 aromatic carbocycles. The Morgan fingerprint density at radius 2 is 1.79 bits per heavy atom. The summed E-state index contributed by atoms with van der Waals surface area (Å²) in [6.07, 6.45) is 1.51. The Morgan fingerprint density at radius 3 is 2.41 bits per heavy atom. The maximum atomic E-state index is 13.4. The van der Waals surface area contributed by atoms with Crippen molar-refractivity contribution >= 4 is 43.8 Å². The van der Waals surface area contributed by atoms with Crippen molar-refractivity contribution in [1.82, 2.24) is 9.97 Å². The molecule has 0 spiro atoms. The molecule has 0 fully saturated rings. The lowest BCUT2D eigenvalue weighted by atomic mass is 10.2. The minimum atomic E-state index is -3.77. The van der Waals surface area contributed by atoms with Crippen molar-refractivity contribution < 1.29 is 13.2 Å². The average Bonchev–Trinajstić information content (AvgIpc) is 3.13. The third-order valence-corrected chi connectivity index (χ3v) is 8.34. The van der Waals surface area contributed by atoms with Crippen molar-refractivity contribution in [2.24, 2.45) is 0 Å². The number of hydrogen-bond donors (Lipinski definition) is 1. The van der Waals surface area contributed by atoms with E-state index in [9.17, 15) is 13.2 Å². The highest BCUT2D eigenvalue weighted by Gasteiger charge is 2.33. The van der Waals surface area contributed by atoms with Gasteiger partial charge in [0.05, 0.1) is 10.9 Å². The van der Waals surface area contributed by atoms with Gasteiger partial charge in [-0.2, -0.15) is 0 Å². The Kier molecular flexibility index (Phi) is 6.36. The number of rotatable bonds is 6. The van der Waals surface area contributed by atoms with Crippen molar-refractivity contribution in [3.8, 4) is 0 Å². The number of pyridine rings is 1. The van der Waals surface area contributed by atoms with Crippen molar-refractivity contribution in [3.63, 3.8) is 0 Å². The summed E-state index contributed by atoms with van der Waals surface area (Å²) < 4.78 is 26.9. The van der Waals surface area contributed by atoms with Crippen molar-refractivity contribution in [2.75, 3.05) is 5.32 Å². The van der Waals surface area contributed by atoms with Crippen molar-refractivity contribution in [2.45, 2.75) is 36.1 Å². The van der Waals surface area contributed by atoms with Crippen molar-refractivity contribution in [1.29, 1.82) is 0 Å². The highest BCUT2D eigenvalue weighted by molar-refractivity contribution is 7.93. The molecule has 6 nitrogen and oxygen atoms in total. The van der Waals surface area contributed by atoms with E-state index in [2.05, 4.69) is 15.3 Å². The fraction of sp³-hybridized carbons (Fsp3) is 0.250. The normalized spacial score (nSPS) is 12.7. The number of nitrogens with one attached hydrogen (secondary N) is 1. The van der Waals surface area contributed by atoms with Gasteiger partial charge in [-0.3, -0.25) is 15.1 Å². The number of thiazole rings is 1.